The Morgan fingerprint density at radius 2 is 1.62 bits per heavy atom. The fourth-order valence-electron chi connectivity index (χ4n) is 2.45. The van der Waals surface area contributed by atoms with E-state index in [1.807, 2.05) is 30.3 Å². The van der Waals surface area contributed by atoms with Crippen LogP contribution >= 0.6 is 0 Å². The first-order valence-corrected chi connectivity index (χ1v) is 7.12. The van der Waals surface area contributed by atoms with Crippen LogP contribution in [0.5, 0.6) is 0 Å². The molecule has 1 heterocycles. The van der Waals surface area contributed by atoms with Crippen LogP contribution < -0.4 is 5.32 Å². The van der Waals surface area contributed by atoms with Crippen LogP contribution in [0.4, 0.5) is 11.5 Å². The average molecular weight is 277 g/mol. The van der Waals surface area contributed by atoms with Crippen LogP contribution in [-0.2, 0) is 5.41 Å². The molecule has 0 radical (unpaired) electrons. The normalized spacial score (nSPS) is 11.6. The molecule has 0 spiro atoms. The first kappa shape index (κ1) is 13.6. The molecule has 0 fully saturated rings. The molecule has 0 aliphatic carbocycles. The van der Waals surface area contributed by atoms with Gasteiger partial charge in [0.2, 0.25) is 0 Å². The van der Waals surface area contributed by atoms with E-state index >= 15 is 0 Å². The molecule has 2 aromatic carbocycles. The van der Waals surface area contributed by atoms with Crippen molar-refractivity contribution >= 4 is 22.4 Å². The number of nitrogens with one attached hydrogen (secondary N) is 1. The molecule has 0 bridgehead atoms. The van der Waals surface area contributed by atoms with Gasteiger partial charge >= 0.3 is 0 Å². The van der Waals surface area contributed by atoms with Crippen molar-refractivity contribution in [3.05, 3.63) is 60.4 Å². The Hall–Kier alpha value is -2.42. The highest BCUT2D eigenvalue weighted by Gasteiger charge is 2.18. The predicted molar refractivity (Wildman–Crippen MR) is 88.0 cm³/mol. The van der Waals surface area contributed by atoms with Crippen LogP contribution in [0.15, 0.2) is 54.9 Å². The van der Waals surface area contributed by atoms with E-state index in [4.69, 9.17) is 0 Å². The summed E-state index contributed by atoms with van der Waals surface area (Å²) in [6.07, 6.45) is 1.63. The summed E-state index contributed by atoms with van der Waals surface area (Å²) in [6.45, 7) is 6.61. The second-order valence-corrected chi connectivity index (χ2v) is 6.17. The van der Waals surface area contributed by atoms with E-state index < -0.39 is 0 Å². The smallest absolute Gasteiger partial charge is 0.141 e. The Balaban J connectivity index is 2.13. The van der Waals surface area contributed by atoms with Crippen LogP contribution in [-0.4, -0.2) is 9.97 Å². The molecule has 1 N–H and O–H groups in total. The van der Waals surface area contributed by atoms with Crippen molar-refractivity contribution in [2.45, 2.75) is 26.2 Å². The number of aromatic nitrogens is 2. The quantitative estimate of drug-likeness (QED) is 0.739. The van der Waals surface area contributed by atoms with Crippen LogP contribution in [0.2, 0.25) is 0 Å². The topological polar surface area (TPSA) is 37.8 Å². The molecule has 0 atom stereocenters. The standard InChI is InChI=1S/C18H19N3/c1-18(2,3)15-11-7-10-14-16(15)19-12-20-17(14)21-13-8-5-4-6-9-13/h4-12H,1-3H3,(H,19,20,21). The van der Waals surface area contributed by atoms with Gasteiger partial charge in [-0.1, -0.05) is 51.1 Å². The minimum absolute atomic E-state index is 0.0535. The van der Waals surface area contributed by atoms with E-state index in [1.54, 1.807) is 6.33 Å². The first-order chi connectivity index (χ1) is 10.1. The molecular weight excluding hydrogens is 258 g/mol. The van der Waals surface area contributed by atoms with Crippen LogP contribution in [0.3, 0.4) is 0 Å². The van der Waals surface area contributed by atoms with Crippen molar-refractivity contribution in [3.63, 3.8) is 0 Å². The van der Waals surface area contributed by atoms with Crippen molar-refractivity contribution < 1.29 is 0 Å². The van der Waals surface area contributed by atoms with E-state index in [0.717, 1.165) is 22.4 Å². The Morgan fingerprint density at radius 3 is 2.33 bits per heavy atom. The van der Waals surface area contributed by atoms with Gasteiger partial charge in [0.25, 0.3) is 0 Å². The monoisotopic (exact) mass is 277 g/mol. The van der Waals surface area contributed by atoms with Crippen molar-refractivity contribution in [1.82, 2.24) is 9.97 Å². The zero-order valence-electron chi connectivity index (χ0n) is 12.6. The van der Waals surface area contributed by atoms with Gasteiger partial charge in [-0.05, 0) is 29.2 Å². The van der Waals surface area contributed by atoms with Crippen molar-refractivity contribution in [2.24, 2.45) is 0 Å². The van der Waals surface area contributed by atoms with Gasteiger partial charge in [-0.3, -0.25) is 0 Å². The summed E-state index contributed by atoms with van der Waals surface area (Å²) in [5, 5.41) is 4.42. The van der Waals surface area contributed by atoms with E-state index in [1.165, 1.54) is 5.56 Å². The van der Waals surface area contributed by atoms with Gasteiger partial charge in [-0.2, -0.15) is 0 Å². The third kappa shape index (κ3) is 2.72. The van der Waals surface area contributed by atoms with Gasteiger partial charge < -0.3 is 5.32 Å². The summed E-state index contributed by atoms with van der Waals surface area (Å²) in [6, 6.07) is 16.3. The summed E-state index contributed by atoms with van der Waals surface area (Å²) in [7, 11) is 0. The van der Waals surface area contributed by atoms with E-state index in [2.05, 4.69) is 54.3 Å². The molecule has 0 aliphatic heterocycles. The summed E-state index contributed by atoms with van der Waals surface area (Å²) in [4.78, 5) is 8.90. The van der Waals surface area contributed by atoms with Gasteiger partial charge in [-0.25, -0.2) is 9.97 Å². The molecule has 3 nitrogen and oxygen atoms in total. The number of hydrogen-bond acceptors (Lipinski definition) is 3. The summed E-state index contributed by atoms with van der Waals surface area (Å²) >= 11 is 0. The molecule has 1 aromatic heterocycles. The Labute approximate surface area is 125 Å². The maximum atomic E-state index is 4.50. The molecule has 21 heavy (non-hydrogen) atoms. The van der Waals surface area contributed by atoms with Gasteiger partial charge in [0.05, 0.1) is 5.52 Å². The lowest BCUT2D eigenvalue weighted by Crippen LogP contribution is -2.12. The fraction of sp³-hybridized carbons (Fsp3) is 0.222. The van der Waals surface area contributed by atoms with Crippen LogP contribution in [0, 0.1) is 0 Å². The third-order valence-electron chi connectivity index (χ3n) is 3.51. The Morgan fingerprint density at radius 1 is 0.857 bits per heavy atom. The van der Waals surface area contributed by atoms with Gasteiger partial charge in [-0.15, -0.1) is 0 Å². The summed E-state index contributed by atoms with van der Waals surface area (Å²) < 4.78 is 0. The highest BCUT2D eigenvalue weighted by molar-refractivity contribution is 5.93. The lowest BCUT2D eigenvalue weighted by atomic mass is 9.85. The minimum Gasteiger partial charge on any atom is -0.340 e. The second kappa shape index (κ2) is 5.17. The molecule has 0 saturated heterocycles. The average Bonchev–Trinajstić information content (AvgIpc) is 2.47. The Bertz CT molecular complexity index is 758. The first-order valence-electron chi connectivity index (χ1n) is 7.12. The SMILES string of the molecule is CC(C)(C)c1cccc2c(Nc3ccccc3)ncnc12. The summed E-state index contributed by atoms with van der Waals surface area (Å²) in [5.41, 5.74) is 3.33. The second-order valence-electron chi connectivity index (χ2n) is 6.17. The van der Waals surface area contributed by atoms with Crippen molar-refractivity contribution in [3.8, 4) is 0 Å². The van der Waals surface area contributed by atoms with Gasteiger partial charge in [0.1, 0.15) is 12.1 Å². The van der Waals surface area contributed by atoms with Gasteiger partial charge in [0, 0.05) is 11.1 Å². The molecule has 3 aromatic rings. The molecule has 0 aliphatic rings. The highest BCUT2D eigenvalue weighted by atomic mass is 15.0. The predicted octanol–water partition coefficient (Wildman–Crippen LogP) is 4.67. The lowest BCUT2D eigenvalue weighted by Gasteiger charge is -2.21. The fourth-order valence-corrected chi connectivity index (χ4v) is 2.45. The maximum Gasteiger partial charge on any atom is 0.141 e. The number of para-hydroxylation sites is 2. The molecule has 0 saturated carbocycles. The van der Waals surface area contributed by atoms with E-state index in [-0.39, 0.29) is 5.41 Å². The number of anilines is 2. The van der Waals surface area contributed by atoms with Crippen molar-refractivity contribution in [1.29, 1.82) is 0 Å². The molecule has 0 amide bonds. The number of rotatable bonds is 2. The maximum absolute atomic E-state index is 4.50. The number of benzene rings is 2. The molecule has 3 heteroatoms. The molecule has 3 rings (SSSR count). The number of hydrogen-bond donors (Lipinski definition) is 1. The molecule has 106 valence electrons. The number of nitrogens with zero attached hydrogens (tertiary/aromatic N) is 2. The van der Waals surface area contributed by atoms with Crippen LogP contribution in [0.1, 0.15) is 26.3 Å². The molecule has 0 unspecified atom stereocenters. The minimum atomic E-state index is 0.0535. The van der Waals surface area contributed by atoms with Crippen molar-refractivity contribution in [2.75, 3.05) is 5.32 Å². The highest BCUT2D eigenvalue weighted by Crippen LogP contribution is 2.31. The zero-order valence-corrected chi connectivity index (χ0v) is 12.6. The van der Waals surface area contributed by atoms with Gasteiger partial charge in [0.15, 0.2) is 0 Å². The third-order valence-corrected chi connectivity index (χ3v) is 3.51. The zero-order chi connectivity index (χ0) is 14.9. The lowest BCUT2D eigenvalue weighted by molar-refractivity contribution is 0.594. The van der Waals surface area contributed by atoms with Crippen LogP contribution in [0.25, 0.3) is 10.9 Å². The molecular formula is C18H19N3. The largest absolute Gasteiger partial charge is 0.340 e. The van der Waals surface area contributed by atoms with E-state index in [0.29, 0.717) is 0 Å². The van der Waals surface area contributed by atoms with E-state index in [9.17, 15) is 0 Å². The summed E-state index contributed by atoms with van der Waals surface area (Å²) in [5.74, 6) is 0.845. The number of fused-ring (bicyclic) bond motifs is 1. The Kier molecular flexibility index (Phi) is 3.34.